The molecule has 0 amide bonds. The van der Waals surface area contributed by atoms with E-state index in [2.05, 4.69) is 9.88 Å². The van der Waals surface area contributed by atoms with Crippen LogP contribution in [0.5, 0.6) is 11.6 Å². The molecule has 178 valence electrons. The van der Waals surface area contributed by atoms with Crippen LogP contribution in [-0.4, -0.2) is 42.3 Å². The fourth-order valence-electron chi connectivity index (χ4n) is 4.24. The first-order valence-corrected chi connectivity index (χ1v) is 13.0. The molecule has 0 atom stereocenters. The first kappa shape index (κ1) is 23.0. The molecule has 0 unspecified atom stereocenters. The number of hydrogen-bond donors (Lipinski definition) is 0. The van der Waals surface area contributed by atoms with Crippen molar-refractivity contribution in [3.8, 4) is 11.6 Å². The van der Waals surface area contributed by atoms with Crippen molar-refractivity contribution >= 4 is 27.6 Å². The third-order valence-corrected chi connectivity index (χ3v) is 8.27. The molecule has 34 heavy (non-hydrogen) atoms. The predicted octanol–water partition coefficient (Wildman–Crippen LogP) is 4.72. The van der Waals surface area contributed by atoms with Crippen molar-refractivity contribution in [1.29, 1.82) is 0 Å². The van der Waals surface area contributed by atoms with Gasteiger partial charge in [-0.15, -0.1) is 0 Å². The van der Waals surface area contributed by atoms with E-state index in [0.29, 0.717) is 46.7 Å². The molecule has 2 aromatic carbocycles. The molecule has 3 aromatic rings. The maximum absolute atomic E-state index is 13.8. The highest BCUT2D eigenvalue weighted by molar-refractivity contribution is 7.89. The number of benzene rings is 2. The molecule has 0 spiro atoms. The number of nitrogens with zero attached hydrogens (tertiary/aromatic N) is 4. The summed E-state index contributed by atoms with van der Waals surface area (Å²) < 4.78 is 47.9. The highest BCUT2D eigenvalue weighted by Crippen LogP contribution is 2.34. The molecule has 3 heterocycles. The monoisotopic (exact) mass is 502 g/mol. The molecule has 0 aliphatic carbocycles. The molecular formula is C24H24ClFN4O3S. The predicted molar refractivity (Wildman–Crippen MR) is 127 cm³/mol. The lowest BCUT2D eigenvalue weighted by Gasteiger charge is -2.29. The standard InChI is InChI=1S/C24H24ClFN4O3S/c1-16-14-18(6-9-21(16)26)33-23-20-15-30(34(31,32)19-7-4-17(25)5-8-19)13-10-22(20)27-24(28-23)29-11-2-3-12-29/h4-9,14H,2-3,10-13,15H2,1H3. The van der Waals surface area contributed by atoms with Gasteiger partial charge in [0.15, 0.2) is 0 Å². The van der Waals surface area contributed by atoms with Gasteiger partial charge in [-0.25, -0.2) is 17.8 Å². The Balaban J connectivity index is 1.52. The van der Waals surface area contributed by atoms with Crippen LogP contribution in [0.3, 0.4) is 0 Å². The summed E-state index contributed by atoms with van der Waals surface area (Å²) in [5.41, 5.74) is 1.84. The average molecular weight is 503 g/mol. The van der Waals surface area contributed by atoms with Crippen molar-refractivity contribution < 1.29 is 17.5 Å². The van der Waals surface area contributed by atoms with Gasteiger partial charge < -0.3 is 9.64 Å². The average Bonchev–Trinajstić information content (AvgIpc) is 3.36. The molecule has 0 saturated carbocycles. The van der Waals surface area contributed by atoms with E-state index in [1.54, 1.807) is 25.1 Å². The first-order chi connectivity index (χ1) is 16.3. The summed E-state index contributed by atoms with van der Waals surface area (Å²) in [6, 6.07) is 10.6. The minimum Gasteiger partial charge on any atom is -0.438 e. The van der Waals surface area contributed by atoms with E-state index in [1.807, 2.05) is 0 Å². The summed E-state index contributed by atoms with van der Waals surface area (Å²) in [4.78, 5) is 11.7. The van der Waals surface area contributed by atoms with Crippen LogP contribution in [0.4, 0.5) is 10.3 Å². The summed E-state index contributed by atoms with van der Waals surface area (Å²) in [5.74, 6) is 0.993. The van der Waals surface area contributed by atoms with Gasteiger partial charge in [0.2, 0.25) is 21.9 Å². The Kier molecular flexibility index (Phi) is 6.18. The molecule has 0 bridgehead atoms. The van der Waals surface area contributed by atoms with E-state index < -0.39 is 10.0 Å². The number of aryl methyl sites for hydroxylation is 1. The number of sulfonamides is 1. The van der Waals surface area contributed by atoms with Crippen LogP contribution in [-0.2, 0) is 23.0 Å². The third-order valence-electron chi connectivity index (χ3n) is 6.16. The molecule has 1 fully saturated rings. The van der Waals surface area contributed by atoms with Crippen LogP contribution in [0.25, 0.3) is 0 Å². The molecule has 2 aliphatic heterocycles. The number of aromatic nitrogens is 2. The quantitative estimate of drug-likeness (QED) is 0.502. The van der Waals surface area contributed by atoms with Gasteiger partial charge in [0.25, 0.3) is 0 Å². The lowest BCUT2D eigenvalue weighted by atomic mass is 10.1. The Morgan fingerprint density at radius 2 is 1.76 bits per heavy atom. The van der Waals surface area contributed by atoms with E-state index in [-0.39, 0.29) is 17.3 Å². The highest BCUT2D eigenvalue weighted by Gasteiger charge is 2.32. The van der Waals surface area contributed by atoms with E-state index >= 15 is 0 Å². The Morgan fingerprint density at radius 1 is 1.03 bits per heavy atom. The smallest absolute Gasteiger partial charge is 0.243 e. The van der Waals surface area contributed by atoms with E-state index in [0.717, 1.165) is 31.6 Å². The van der Waals surface area contributed by atoms with Crippen molar-refractivity contribution in [2.45, 2.75) is 37.6 Å². The Morgan fingerprint density at radius 3 is 2.47 bits per heavy atom. The van der Waals surface area contributed by atoms with E-state index in [1.165, 1.54) is 28.6 Å². The summed E-state index contributed by atoms with van der Waals surface area (Å²) in [5, 5.41) is 0.469. The Labute approximate surface area is 203 Å². The Bertz CT molecular complexity index is 1330. The second-order valence-corrected chi connectivity index (χ2v) is 10.9. The second-order valence-electron chi connectivity index (χ2n) is 8.50. The minimum absolute atomic E-state index is 0.0794. The molecule has 1 aromatic heterocycles. The van der Waals surface area contributed by atoms with Gasteiger partial charge in [-0.2, -0.15) is 9.29 Å². The SMILES string of the molecule is Cc1cc(Oc2nc(N3CCCC3)nc3c2CN(S(=O)(=O)c2ccc(Cl)cc2)CC3)ccc1F. The normalized spacial score (nSPS) is 16.5. The van der Waals surface area contributed by atoms with Crippen molar-refractivity contribution in [2.75, 3.05) is 24.5 Å². The van der Waals surface area contributed by atoms with Crippen molar-refractivity contribution in [3.05, 3.63) is 70.1 Å². The lowest BCUT2D eigenvalue weighted by molar-refractivity contribution is 0.369. The molecular weight excluding hydrogens is 479 g/mol. The summed E-state index contributed by atoms with van der Waals surface area (Å²) in [7, 11) is -3.75. The highest BCUT2D eigenvalue weighted by atomic mass is 35.5. The molecule has 7 nitrogen and oxygen atoms in total. The fraction of sp³-hybridized carbons (Fsp3) is 0.333. The van der Waals surface area contributed by atoms with Crippen LogP contribution >= 0.6 is 11.6 Å². The Hall–Kier alpha value is -2.75. The number of ether oxygens (including phenoxy) is 1. The molecule has 0 N–H and O–H groups in total. The van der Waals surface area contributed by atoms with Gasteiger partial charge >= 0.3 is 0 Å². The number of anilines is 1. The zero-order valence-corrected chi connectivity index (χ0v) is 20.2. The van der Waals surface area contributed by atoms with Crippen LogP contribution < -0.4 is 9.64 Å². The minimum atomic E-state index is -3.75. The maximum Gasteiger partial charge on any atom is 0.243 e. The van der Waals surface area contributed by atoms with Gasteiger partial charge in [0.1, 0.15) is 11.6 Å². The summed E-state index contributed by atoms with van der Waals surface area (Å²) in [6.07, 6.45) is 2.58. The van der Waals surface area contributed by atoms with Crippen LogP contribution in [0.15, 0.2) is 47.4 Å². The van der Waals surface area contributed by atoms with Gasteiger partial charge in [-0.1, -0.05) is 11.6 Å². The lowest BCUT2D eigenvalue weighted by Crippen LogP contribution is -2.37. The summed E-state index contributed by atoms with van der Waals surface area (Å²) >= 11 is 5.93. The molecule has 5 rings (SSSR count). The zero-order chi connectivity index (χ0) is 23.9. The van der Waals surface area contributed by atoms with Crippen LogP contribution in [0, 0.1) is 12.7 Å². The van der Waals surface area contributed by atoms with Crippen molar-refractivity contribution in [3.63, 3.8) is 0 Å². The number of halogens is 2. The van der Waals surface area contributed by atoms with Gasteiger partial charge in [-0.3, -0.25) is 0 Å². The number of hydrogen-bond acceptors (Lipinski definition) is 6. The summed E-state index contributed by atoms with van der Waals surface area (Å²) in [6.45, 7) is 3.77. The third kappa shape index (κ3) is 4.47. The van der Waals surface area contributed by atoms with E-state index in [4.69, 9.17) is 21.3 Å². The van der Waals surface area contributed by atoms with E-state index in [9.17, 15) is 12.8 Å². The zero-order valence-electron chi connectivity index (χ0n) is 18.7. The molecule has 10 heteroatoms. The topological polar surface area (TPSA) is 75.6 Å². The van der Waals surface area contributed by atoms with Crippen molar-refractivity contribution in [1.82, 2.24) is 14.3 Å². The maximum atomic E-state index is 13.8. The molecule has 0 radical (unpaired) electrons. The number of fused-ring (bicyclic) bond motifs is 1. The van der Waals surface area contributed by atoms with Gasteiger partial charge in [-0.05, 0) is 67.8 Å². The largest absolute Gasteiger partial charge is 0.438 e. The van der Waals surface area contributed by atoms with Gasteiger partial charge in [0.05, 0.1) is 16.2 Å². The fourth-order valence-corrected chi connectivity index (χ4v) is 5.78. The van der Waals surface area contributed by atoms with Crippen molar-refractivity contribution in [2.24, 2.45) is 0 Å². The van der Waals surface area contributed by atoms with Gasteiger partial charge in [0, 0.05) is 37.6 Å². The molecule has 1 saturated heterocycles. The van der Waals surface area contributed by atoms with Crippen LogP contribution in [0.1, 0.15) is 29.7 Å². The van der Waals surface area contributed by atoms with Crippen LogP contribution in [0.2, 0.25) is 5.02 Å². The number of rotatable bonds is 5. The second kappa shape index (κ2) is 9.13. The molecule has 2 aliphatic rings. The first-order valence-electron chi connectivity index (χ1n) is 11.2.